The molecule has 3 rings (SSSR count). The lowest BCUT2D eigenvalue weighted by Gasteiger charge is -2.45. The van der Waals surface area contributed by atoms with Crippen molar-refractivity contribution in [2.75, 3.05) is 19.3 Å². The maximum Gasteiger partial charge on any atom is 0.208 e. The molecule has 1 heterocycles. The Kier molecular flexibility index (Phi) is 4.03. The number of benzene rings is 1. The molecule has 1 aliphatic carbocycles. The van der Waals surface area contributed by atoms with Crippen molar-refractivity contribution in [2.24, 2.45) is 5.41 Å². The third kappa shape index (κ3) is 3.50. The lowest BCUT2D eigenvalue weighted by atomic mass is 9.65. The van der Waals surface area contributed by atoms with Gasteiger partial charge in [-0.25, -0.2) is 17.5 Å². The van der Waals surface area contributed by atoms with Crippen molar-refractivity contribution in [2.45, 2.75) is 38.8 Å². The van der Waals surface area contributed by atoms with E-state index in [0.717, 1.165) is 43.5 Å². The van der Waals surface area contributed by atoms with Crippen LogP contribution in [0, 0.1) is 18.2 Å². The highest BCUT2D eigenvalue weighted by atomic mass is 32.2. The van der Waals surface area contributed by atoms with Crippen LogP contribution in [0.5, 0.6) is 0 Å². The zero-order chi connectivity index (χ0) is 16.0. The normalized spacial score (nSPS) is 29.0. The van der Waals surface area contributed by atoms with Gasteiger partial charge in [0.15, 0.2) is 0 Å². The molecule has 1 aromatic carbocycles. The van der Waals surface area contributed by atoms with Gasteiger partial charge in [-0.3, -0.25) is 4.90 Å². The molecule has 1 aliphatic heterocycles. The van der Waals surface area contributed by atoms with Gasteiger partial charge in [-0.1, -0.05) is 17.7 Å². The Morgan fingerprint density at radius 2 is 2.14 bits per heavy atom. The van der Waals surface area contributed by atoms with E-state index in [1.54, 1.807) is 6.07 Å². The summed E-state index contributed by atoms with van der Waals surface area (Å²) in [5.41, 5.74) is 2.05. The number of halogens is 1. The molecule has 4 nitrogen and oxygen atoms in total. The fourth-order valence-corrected chi connectivity index (χ4v) is 4.71. The van der Waals surface area contributed by atoms with Gasteiger partial charge in [0, 0.05) is 24.7 Å². The quantitative estimate of drug-likeness (QED) is 0.921. The first-order valence-corrected chi connectivity index (χ1v) is 9.59. The van der Waals surface area contributed by atoms with Gasteiger partial charge in [-0.2, -0.15) is 0 Å². The van der Waals surface area contributed by atoms with Crippen LogP contribution in [0.3, 0.4) is 0 Å². The third-order valence-corrected chi connectivity index (χ3v) is 5.61. The Morgan fingerprint density at radius 1 is 1.41 bits per heavy atom. The van der Waals surface area contributed by atoms with Crippen LogP contribution in [0.4, 0.5) is 4.39 Å². The van der Waals surface area contributed by atoms with Gasteiger partial charge in [0.25, 0.3) is 0 Å². The van der Waals surface area contributed by atoms with Gasteiger partial charge in [0.05, 0.1) is 6.26 Å². The standard InChI is InChI=1S/C16H23FN2O2S/c1-12-3-4-15(17)13(7-12)10-19-6-5-16(11-19)8-14(9-16)18-22(2,20)21/h3-4,7,14,18H,5-6,8-11H2,1-2H3. The summed E-state index contributed by atoms with van der Waals surface area (Å²) in [6.45, 7) is 4.50. The number of sulfonamides is 1. The van der Waals surface area contributed by atoms with Crippen LogP contribution in [0.2, 0.25) is 0 Å². The van der Waals surface area contributed by atoms with Crippen molar-refractivity contribution in [1.82, 2.24) is 9.62 Å². The highest BCUT2D eigenvalue weighted by Gasteiger charge is 2.48. The average Bonchev–Trinajstić information content (AvgIpc) is 2.76. The van der Waals surface area contributed by atoms with Crippen LogP contribution >= 0.6 is 0 Å². The number of hydrogen-bond donors (Lipinski definition) is 1. The summed E-state index contributed by atoms with van der Waals surface area (Å²) in [5, 5.41) is 0. The molecular formula is C16H23FN2O2S. The molecule has 1 N–H and O–H groups in total. The Bertz CT molecular complexity index is 669. The Morgan fingerprint density at radius 3 is 2.82 bits per heavy atom. The monoisotopic (exact) mass is 326 g/mol. The first kappa shape index (κ1) is 15.9. The fraction of sp³-hybridized carbons (Fsp3) is 0.625. The van der Waals surface area contributed by atoms with E-state index in [1.807, 2.05) is 13.0 Å². The SMILES string of the molecule is Cc1ccc(F)c(CN2CCC3(CC(NS(C)(=O)=O)C3)C2)c1. The van der Waals surface area contributed by atoms with Crippen molar-refractivity contribution < 1.29 is 12.8 Å². The lowest BCUT2D eigenvalue weighted by molar-refractivity contribution is 0.101. The summed E-state index contributed by atoms with van der Waals surface area (Å²) in [4.78, 5) is 2.29. The molecule has 22 heavy (non-hydrogen) atoms. The number of rotatable bonds is 4. The topological polar surface area (TPSA) is 49.4 Å². The molecule has 0 unspecified atom stereocenters. The molecule has 1 saturated heterocycles. The predicted molar refractivity (Wildman–Crippen MR) is 84.5 cm³/mol. The first-order chi connectivity index (χ1) is 10.2. The first-order valence-electron chi connectivity index (χ1n) is 7.69. The van der Waals surface area contributed by atoms with Crippen molar-refractivity contribution in [3.8, 4) is 0 Å². The van der Waals surface area contributed by atoms with Crippen molar-refractivity contribution in [3.63, 3.8) is 0 Å². The average molecular weight is 326 g/mol. The zero-order valence-electron chi connectivity index (χ0n) is 13.1. The molecule has 1 spiro atoms. The molecule has 2 fully saturated rings. The highest BCUT2D eigenvalue weighted by molar-refractivity contribution is 7.88. The minimum absolute atomic E-state index is 0.0747. The molecule has 0 atom stereocenters. The Labute approximate surface area is 131 Å². The minimum Gasteiger partial charge on any atom is -0.298 e. The smallest absolute Gasteiger partial charge is 0.208 e. The number of hydrogen-bond acceptors (Lipinski definition) is 3. The second-order valence-electron chi connectivity index (χ2n) is 7.05. The molecule has 2 aliphatic rings. The van der Waals surface area contributed by atoms with Crippen LogP contribution in [0.1, 0.15) is 30.4 Å². The summed E-state index contributed by atoms with van der Waals surface area (Å²) in [6.07, 6.45) is 4.07. The molecule has 0 amide bonds. The fourth-order valence-electron chi connectivity index (χ4n) is 3.93. The minimum atomic E-state index is -3.12. The van der Waals surface area contributed by atoms with E-state index in [9.17, 15) is 12.8 Å². The van der Waals surface area contributed by atoms with Crippen LogP contribution in [0.25, 0.3) is 0 Å². The molecule has 0 aromatic heterocycles. The molecule has 6 heteroatoms. The van der Waals surface area contributed by atoms with E-state index in [2.05, 4.69) is 9.62 Å². The molecule has 0 radical (unpaired) electrons. The highest BCUT2D eigenvalue weighted by Crippen LogP contribution is 2.48. The Hall–Kier alpha value is -0.980. The van der Waals surface area contributed by atoms with Gasteiger partial charge in [-0.05, 0) is 44.2 Å². The number of nitrogens with one attached hydrogen (secondary N) is 1. The predicted octanol–water partition coefficient (Wildman–Crippen LogP) is 2.04. The van der Waals surface area contributed by atoms with Gasteiger partial charge >= 0.3 is 0 Å². The number of likely N-dealkylation sites (tertiary alicyclic amines) is 1. The summed E-state index contributed by atoms with van der Waals surface area (Å²) < 4.78 is 39.0. The summed E-state index contributed by atoms with van der Waals surface area (Å²) in [5.74, 6) is -0.142. The molecule has 1 saturated carbocycles. The molecular weight excluding hydrogens is 303 g/mol. The van der Waals surface area contributed by atoms with Gasteiger partial charge in [0.1, 0.15) is 5.82 Å². The molecule has 0 bridgehead atoms. The van der Waals surface area contributed by atoms with E-state index >= 15 is 0 Å². The van der Waals surface area contributed by atoms with Crippen molar-refractivity contribution in [1.29, 1.82) is 0 Å². The maximum absolute atomic E-state index is 13.9. The summed E-state index contributed by atoms with van der Waals surface area (Å²) >= 11 is 0. The second-order valence-corrected chi connectivity index (χ2v) is 8.83. The van der Waals surface area contributed by atoms with E-state index in [0.29, 0.717) is 6.54 Å². The number of aryl methyl sites for hydroxylation is 1. The zero-order valence-corrected chi connectivity index (χ0v) is 13.9. The van der Waals surface area contributed by atoms with E-state index in [-0.39, 0.29) is 17.3 Å². The largest absolute Gasteiger partial charge is 0.298 e. The van der Waals surface area contributed by atoms with Crippen LogP contribution < -0.4 is 4.72 Å². The van der Waals surface area contributed by atoms with E-state index in [1.165, 1.54) is 12.3 Å². The van der Waals surface area contributed by atoms with Crippen molar-refractivity contribution >= 4 is 10.0 Å². The second kappa shape index (κ2) is 5.58. The van der Waals surface area contributed by atoms with E-state index in [4.69, 9.17) is 0 Å². The van der Waals surface area contributed by atoms with Crippen LogP contribution in [-0.4, -0.2) is 38.7 Å². The van der Waals surface area contributed by atoms with Crippen LogP contribution in [-0.2, 0) is 16.6 Å². The third-order valence-electron chi connectivity index (χ3n) is 4.85. The number of nitrogens with zero attached hydrogens (tertiary/aromatic N) is 1. The van der Waals surface area contributed by atoms with Crippen molar-refractivity contribution in [3.05, 3.63) is 35.1 Å². The van der Waals surface area contributed by atoms with Gasteiger partial charge in [0.2, 0.25) is 10.0 Å². The Balaban J connectivity index is 1.57. The van der Waals surface area contributed by atoms with Gasteiger partial charge < -0.3 is 0 Å². The lowest BCUT2D eigenvalue weighted by Crippen LogP contribution is -2.51. The summed E-state index contributed by atoms with van der Waals surface area (Å²) in [7, 11) is -3.12. The molecule has 122 valence electrons. The van der Waals surface area contributed by atoms with Crippen LogP contribution in [0.15, 0.2) is 18.2 Å². The van der Waals surface area contributed by atoms with E-state index < -0.39 is 10.0 Å². The maximum atomic E-state index is 13.9. The summed E-state index contributed by atoms with van der Waals surface area (Å²) in [6, 6.07) is 5.31. The van der Waals surface area contributed by atoms with Gasteiger partial charge in [-0.15, -0.1) is 0 Å². The molecule has 1 aromatic rings.